The smallest absolute Gasteiger partial charge is 0.248 e. The van der Waals surface area contributed by atoms with E-state index in [2.05, 4.69) is 46.1 Å². The molecule has 27 heavy (non-hydrogen) atoms. The summed E-state index contributed by atoms with van der Waals surface area (Å²) in [6, 6.07) is 12.5. The van der Waals surface area contributed by atoms with E-state index < -0.39 is 5.54 Å². The van der Waals surface area contributed by atoms with Gasteiger partial charge >= 0.3 is 0 Å². The predicted molar refractivity (Wildman–Crippen MR) is 109 cm³/mol. The van der Waals surface area contributed by atoms with Crippen molar-refractivity contribution in [1.82, 2.24) is 20.4 Å². The molecule has 4 rings (SSSR count). The second-order valence-electron chi connectivity index (χ2n) is 7.72. The highest BCUT2D eigenvalue weighted by molar-refractivity contribution is 8.00. The number of amides is 1. The van der Waals surface area contributed by atoms with E-state index in [0.717, 1.165) is 45.3 Å². The van der Waals surface area contributed by atoms with Crippen molar-refractivity contribution in [3.8, 4) is 0 Å². The van der Waals surface area contributed by atoms with Crippen molar-refractivity contribution in [3.05, 3.63) is 48.8 Å². The van der Waals surface area contributed by atoms with Crippen molar-refractivity contribution >= 4 is 17.7 Å². The number of carbonyl (C=O) groups excluding carboxylic acids is 1. The maximum atomic E-state index is 13.4. The Labute approximate surface area is 165 Å². The fourth-order valence-electron chi connectivity index (χ4n) is 4.40. The van der Waals surface area contributed by atoms with Gasteiger partial charge in [-0.3, -0.25) is 9.48 Å². The molecular weight excluding hydrogens is 356 g/mol. The zero-order valence-corrected chi connectivity index (χ0v) is 16.5. The molecule has 5 nitrogen and oxygen atoms in total. The monoisotopic (exact) mass is 384 g/mol. The van der Waals surface area contributed by atoms with Crippen molar-refractivity contribution in [2.75, 3.05) is 19.6 Å². The molecule has 2 aromatic rings. The number of hydrogen-bond donors (Lipinski definition) is 2. The third-order valence-corrected chi connectivity index (χ3v) is 7.45. The Morgan fingerprint density at radius 2 is 1.85 bits per heavy atom. The molecule has 1 saturated carbocycles. The number of piperidine rings is 1. The number of thioether (sulfide) groups is 1. The first-order chi connectivity index (χ1) is 13.2. The number of rotatable bonds is 6. The third kappa shape index (κ3) is 3.92. The molecular formula is C21H28N4OS. The zero-order chi connectivity index (χ0) is 18.6. The molecule has 1 aliphatic heterocycles. The first-order valence-electron chi connectivity index (χ1n) is 9.96. The van der Waals surface area contributed by atoms with E-state index in [-0.39, 0.29) is 10.7 Å². The Morgan fingerprint density at radius 3 is 2.52 bits per heavy atom. The predicted octanol–water partition coefficient (Wildman–Crippen LogP) is 3.18. The third-order valence-electron chi connectivity index (χ3n) is 5.96. The van der Waals surface area contributed by atoms with Crippen LogP contribution in [0.15, 0.2) is 53.7 Å². The van der Waals surface area contributed by atoms with Gasteiger partial charge in [-0.15, -0.1) is 11.8 Å². The molecule has 0 radical (unpaired) electrons. The Bertz CT molecular complexity index is 735. The van der Waals surface area contributed by atoms with Gasteiger partial charge in [-0.1, -0.05) is 31.0 Å². The van der Waals surface area contributed by atoms with Crippen LogP contribution in [-0.2, 0) is 10.3 Å². The maximum absolute atomic E-state index is 13.4. The van der Waals surface area contributed by atoms with Gasteiger partial charge in [0.25, 0.3) is 0 Å². The number of benzene rings is 1. The van der Waals surface area contributed by atoms with Crippen LogP contribution in [0.25, 0.3) is 0 Å². The quantitative estimate of drug-likeness (QED) is 0.803. The van der Waals surface area contributed by atoms with Crippen molar-refractivity contribution < 1.29 is 4.79 Å². The van der Waals surface area contributed by atoms with E-state index >= 15 is 0 Å². The second-order valence-corrected chi connectivity index (χ2v) is 9.26. The Kier molecular flexibility index (Phi) is 5.55. The fourth-order valence-corrected chi connectivity index (χ4v) is 5.83. The number of nitrogens with zero attached hydrogens (tertiary/aromatic N) is 2. The molecule has 2 aliphatic rings. The lowest BCUT2D eigenvalue weighted by Gasteiger charge is -2.38. The lowest BCUT2D eigenvalue weighted by molar-refractivity contribution is -0.132. The number of hydrogen-bond acceptors (Lipinski definition) is 4. The summed E-state index contributed by atoms with van der Waals surface area (Å²) in [6.07, 6.45) is 10.0. The SMILES string of the molecule is O=C(NCC1(Sc2ccccc2)CCCC1)C1(n2cccn2)CCNCC1. The van der Waals surface area contributed by atoms with Crippen LogP contribution in [0.2, 0.25) is 0 Å². The molecule has 2 fully saturated rings. The Hall–Kier alpha value is -1.79. The summed E-state index contributed by atoms with van der Waals surface area (Å²) < 4.78 is 1.98. The minimum absolute atomic E-state index is 0.106. The molecule has 1 saturated heterocycles. The molecule has 6 heteroatoms. The van der Waals surface area contributed by atoms with Crippen LogP contribution in [0.4, 0.5) is 0 Å². The topological polar surface area (TPSA) is 59.0 Å². The van der Waals surface area contributed by atoms with Gasteiger partial charge < -0.3 is 10.6 Å². The molecule has 2 N–H and O–H groups in total. The van der Waals surface area contributed by atoms with E-state index in [4.69, 9.17) is 0 Å². The van der Waals surface area contributed by atoms with Crippen LogP contribution in [0.1, 0.15) is 38.5 Å². The van der Waals surface area contributed by atoms with Crippen molar-refractivity contribution in [2.24, 2.45) is 0 Å². The molecule has 1 aromatic carbocycles. The number of aromatic nitrogens is 2. The van der Waals surface area contributed by atoms with Crippen LogP contribution in [0.5, 0.6) is 0 Å². The summed E-state index contributed by atoms with van der Waals surface area (Å²) >= 11 is 1.93. The second kappa shape index (κ2) is 8.07. The molecule has 0 spiro atoms. The summed E-state index contributed by atoms with van der Waals surface area (Å²) in [4.78, 5) is 14.7. The summed E-state index contributed by atoms with van der Waals surface area (Å²) in [5, 5.41) is 11.1. The van der Waals surface area contributed by atoms with Gasteiger partial charge in [-0.05, 0) is 57.0 Å². The highest BCUT2D eigenvalue weighted by atomic mass is 32.2. The summed E-state index contributed by atoms with van der Waals surface area (Å²) in [6.45, 7) is 2.41. The molecule has 1 amide bonds. The molecule has 0 unspecified atom stereocenters. The summed E-state index contributed by atoms with van der Waals surface area (Å²) in [7, 11) is 0. The molecule has 1 aliphatic carbocycles. The van der Waals surface area contributed by atoms with Crippen LogP contribution < -0.4 is 10.6 Å². The lowest BCUT2D eigenvalue weighted by Crippen LogP contribution is -2.56. The van der Waals surface area contributed by atoms with Gasteiger partial charge in [0, 0.05) is 28.6 Å². The lowest BCUT2D eigenvalue weighted by atomic mass is 9.87. The average Bonchev–Trinajstić information content (AvgIpc) is 3.40. The van der Waals surface area contributed by atoms with Gasteiger partial charge in [0.15, 0.2) is 0 Å². The minimum Gasteiger partial charge on any atom is -0.353 e. The van der Waals surface area contributed by atoms with Crippen molar-refractivity contribution in [3.63, 3.8) is 0 Å². The van der Waals surface area contributed by atoms with Crippen molar-refractivity contribution in [1.29, 1.82) is 0 Å². The maximum Gasteiger partial charge on any atom is 0.248 e. The fraction of sp³-hybridized carbons (Fsp3) is 0.524. The highest BCUT2D eigenvalue weighted by Crippen LogP contribution is 2.45. The Morgan fingerprint density at radius 1 is 1.11 bits per heavy atom. The van der Waals surface area contributed by atoms with Crippen LogP contribution >= 0.6 is 11.8 Å². The normalized spacial score (nSPS) is 21.0. The van der Waals surface area contributed by atoms with Gasteiger partial charge in [-0.25, -0.2) is 0 Å². The van der Waals surface area contributed by atoms with Crippen LogP contribution in [0, 0.1) is 0 Å². The Balaban J connectivity index is 1.49. The van der Waals surface area contributed by atoms with Gasteiger partial charge in [0.05, 0.1) is 0 Å². The number of nitrogens with one attached hydrogen (secondary N) is 2. The molecule has 0 bridgehead atoms. The molecule has 144 valence electrons. The summed E-state index contributed by atoms with van der Waals surface area (Å²) in [5.74, 6) is 0.118. The summed E-state index contributed by atoms with van der Waals surface area (Å²) in [5.41, 5.74) is -0.564. The van der Waals surface area contributed by atoms with Gasteiger partial charge in [0.1, 0.15) is 5.54 Å². The van der Waals surface area contributed by atoms with E-state index in [0.29, 0.717) is 0 Å². The average molecular weight is 385 g/mol. The first-order valence-corrected chi connectivity index (χ1v) is 10.8. The zero-order valence-electron chi connectivity index (χ0n) is 15.7. The van der Waals surface area contributed by atoms with E-state index in [9.17, 15) is 4.79 Å². The van der Waals surface area contributed by atoms with Gasteiger partial charge in [0.2, 0.25) is 5.91 Å². The van der Waals surface area contributed by atoms with E-state index in [1.807, 2.05) is 28.7 Å². The van der Waals surface area contributed by atoms with Crippen LogP contribution in [-0.4, -0.2) is 40.1 Å². The van der Waals surface area contributed by atoms with Gasteiger partial charge in [-0.2, -0.15) is 5.10 Å². The largest absolute Gasteiger partial charge is 0.353 e. The van der Waals surface area contributed by atoms with Crippen LogP contribution in [0.3, 0.4) is 0 Å². The highest BCUT2D eigenvalue weighted by Gasteiger charge is 2.43. The number of carbonyl (C=O) groups is 1. The molecule has 2 heterocycles. The molecule has 1 aromatic heterocycles. The van der Waals surface area contributed by atoms with E-state index in [1.54, 1.807) is 6.20 Å². The van der Waals surface area contributed by atoms with E-state index in [1.165, 1.54) is 17.7 Å². The minimum atomic E-state index is -0.564. The molecule has 0 atom stereocenters. The standard InChI is InChI=1S/C21H28N4OS/c26-19(21(11-14-22-15-12-21)25-16-6-13-24-25)23-17-20(9-4-5-10-20)27-18-7-2-1-3-8-18/h1-3,6-8,13,16,22H,4-5,9-12,14-15,17H2,(H,23,26). The first kappa shape index (κ1) is 18.6. The van der Waals surface area contributed by atoms with Crippen molar-refractivity contribution in [2.45, 2.75) is 53.7 Å².